The summed E-state index contributed by atoms with van der Waals surface area (Å²) in [7, 11) is 3.49. The van der Waals surface area contributed by atoms with Crippen LogP contribution in [0.1, 0.15) is 28.7 Å². The number of carbonyl (C=O) groups is 1. The van der Waals surface area contributed by atoms with E-state index in [1.54, 1.807) is 37.5 Å². The van der Waals surface area contributed by atoms with Crippen LogP contribution in [0.25, 0.3) is 0 Å². The number of carbonyl (C=O) groups excluding carboxylic acids is 1. The normalized spacial score (nSPS) is 13.4. The Bertz CT molecular complexity index is 506. The van der Waals surface area contributed by atoms with E-state index < -0.39 is 0 Å². The summed E-state index contributed by atoms with van der Waals surface area (Å²) >= 11 is 0. The third kappa shape index (κ3) is 3.04. The van der Waals surface area contributed by atoms with Crippen molar-refractivity contribution in [2.24, 2.45) is 23.9 Å². The topological polar surface area (TPSA) is 96.7 Å². The molecule has 0 radical (unpaired) electrons. The van der Waals surface area contributed by atoms with Gasteiger partial charge in [-0.3, -0.25) is 9.48 Å². The van der Waals surface area contributed by atoms with Gasteiger partial charge in [-0.1, -0.05) is 12.1 Å². The third-order valence-corrected chi connectivity index (χ3v) is 3.24. The van der Waals surface area contributed by atoms with Gasteiger partial charge in [-0.2, -0.15) is 5.10 Å². The number of hydrogen-bond donors (Lipinski definition) is 2. The molecule has 1 aromatic rings. The summed E-state index contributed by atoms with van der Waals surface area (Å²) in [6.45, 7) is 5.83. The van der Waals surface area contributed by atoms with Crippen molar-refractivity contribution in [1.82, 2.24) is 14.7 Å². The van der Waals surface area contributed by atoms with Gasteiger partial charge in [-0.15, -0.1) is 0 Å². The Morgan fingerprint density at radius 3 is 2.58 bits per heavy atom. The smallest absolute Gasteiger partial charge is 0.257 e. The number of rotatable bonds is 4. The summed E-state index contributed by atoms with van der Waals surface area (Å²) in [6.07, 6.45) is 0. The molecular weight excluding hydrogens is 246 g/mol. The highest BCUT2D eigenvalue weighted by Crippen LogP contribution is 2.14. The molecule has 106 valence electrons. The molecule has 7 nitrogen and oxygen atoms in total. The summed E-state index contributed by atoms with van der Waals surface area (Å²) in [5, 5.41) is 15.8. The Hall–Kier alpha value is -2.05. The molecule has 1 amide bonds. The Morgan fingerprint density at radius 1 is 1.58 bits per heavy atom. The predicted molar refractivity (Wildman–Crippen MR) is 72.2 cm³/mol. The van der Waals surface area contributed by atoms with E-state index >= 15 is 0 Å². The Morgan fingerprint density at radius 2 is 2.16 bits per heavy atom. The zero-order valence-corrected chi connectivity index (χ0v) is 12.0. The number of hydrogen-bond acceptors (Lipinski definition) is 4. The SMILES string of the molecule is Cc1nn(C)c(C)c1C(=O)N(C)CC(C)/C(N)=N/O. The molecule has 1 atom stereocenters. The van der Waals surface area contributed by atoms with E-state index in [-0.39, 0.29) is 17.7 Å². The molecule has 0 saturated carbocycles. The van der Waals surface area contributed by atoms with Crippen LogP contribution in [-0.2, 0) is 7.05 Å². The standard InChI is InChI=1S/C12H21N5O2/c1-7(11(13)15-19)6-16(4)12(18)10-8(2)14-17(5)9(10)3/h7,19H,6H2,1-5H3,(H2,13,15). The van der Waals surface area contributed by atoms with Gasteiger partial charge >= 0.3 is 0 Å². The first kappa shape index (κ1) is 15.0. The highest BCUT2D eigenvalue weighted by Gasteiger charge is 2.22. The second kappa shape index (κ2) is 5.73. The molecule has 1 rings (SSSR count). The summed E-state index contributed by atoms with van der Waals surface area (Å²) in [4.78, 5) is 13.9. The van der Waals surface area contributed by atoms with Crippen molar-refractivity contribution in [3.8, 4) is 0 Å². The number of aromatic nitrogens is 2. The fourth-order valence-electron chi connectivity index (χ4n) is 1.96. The quantitative estimate of drug-likeness (QED) is 0.359. The summed E-state index contributed by atoms with van der Waals surface area (Å²) < 4.78 is 1.68. The molecule has 0 aromatic carbocycles. The maximum Gasteiger partial charge on any atom is 0.257 e. The minimum absolute atomic E-state index is 0.110. The molecule has 19 heavy (non-hydrogen) atoms. The average molecular weight is 267 g/mol. The van der Waals surface area contributed by atoms with E-state index in [2.05, 4.69) is 10.3 Å². The number of nitrogens with two attached hydrogens (primary N) is 1. The zero-order chi connectivity index (χ0) is 14.7. The van der Waals surface area contributed by atoms with Gasteiger partial charge in [-0.25, -0.2) is 0 Å². The third-order valence-electron chi connectivity index (χ3n) is 3.24. The Balaban J connectivity index is 2.89. The van der Waals surface area contributed by atoms with Crippen molar-refractivity contribution in [1.29, 1.82) is 0 Å². The minimum Gasteiger partial charge on any atom is -0.409 e. The molecule has 0 aliphatic carbocycles. The van der Waals surface area contributed by atoms with Crippen molar-refractivity contribution < 1.29 is 10.0 Å². The second-order valence-corrected chi connectivity index (χ2v) is 4.78. The van der Waals surface area contributed by atoms with E-state index in [0.717, 1.165) is 5.69 Å². The fourth-order valence-corrected chi connectivity index (χ4v) is 1.96. The van der Waals surface area contributed by atoms with Gasteiger partial charge in [0.15, 0.2) is 0 Å². The zero-order valence-electron chi connectivity index (χ0n) is 12.0. The van der Waals surface area contributed by atoms with Crippen LogP contribution < -0.4 is 5.73 Å². The molecule has 1 heterocycles. The van der Waals surface area contributed by atoms with Crippen LogP contribution in [0.15, 0.2) is 5.16 Å². The molecule has 0 saturated heterocycles. The van der Waals surface area contributed by atoms with E-state index in [1.165, 1.54) is 0 Å². The number of oxime groups is 1. The molecule has 0 aliphatic rings. The molecule has 0 aliphatic heterocycles. The molecule has 7 heteroatoms. The Kier molecular flexibility index (Phi) is 4.52. The number of amides is 1. The molecular formula is C12H21N5O2. The summed E-state index contributed by atoms with van der Waals surface area (Å²) in [5.41, 5.74) is 7.65. The molecule has 0 fully saturated rings. The summed E-state index contributed by atoms with van der Waals surface area (Å²) in [6, 6.07) is 0. The van der Waals surface area contributed by atoms with E-state index in [4.69, 9.17) is 10.9 Å². The lowest BCUT2D eigenvalue weighted by molar-refractivity contribution is 0.0784. The first-order valence-corrected chi connectivity index (χ1v) is 6.02. The lowest BCUT2D eigenvalue weighted by Crippen LogP contribution is -2.36. The van der Waals surface area contributed by atoms with Crippen molar-refractivity contribution in [2.75, 3.05) is 13.6 Å². The second-order valence-electron chi connectivity index (χ2n) is 4.78. The maximum absolute atomic E-state index is 12.4. The van der Waals surface area contributed by atoms with Crippen LogP contribution in [0.5, 0.6) is 0 Å². The minimum atomic E-state index is -0.212. The maximum atomic E-state index is 12.4. The largest absolute Gasteiger partial charge is 0.409 e. The van der Waals surface area contributed by atoms with Crippen LogP contribution >= 0.6 is 0 Å². The lowest BCUT2D eigenvalue weighted by atomic mass is 10.1. The lowest BCUT2D eigenvalue weighted by Gasteiger charge is -2.21. The average Bonchev–Trinajstić information content (AvgIpc) is 2.61. The van der Waals surface area contributed by atoms with Gasteiger partial charge in [0.25, 0.3) is 5.91 Å². The van der Waals surface area contributed by atoms with E-state index in [9.17, 15) is 4.79 Å². The van der Waals surface area contributed by atoms with Crippen LogP contribution in [0.3, 0.4) is 0 Å². The predicted octanol–water partition coefficient (Wildman–Crippen LogP) is 0.491. The van der Waals surface area contributed by atoms with Crippen LogP contribution in [0.2, 0.25) is 0 Å². The molecule has 3 N–H and O–H groups in total. The van der Waals surface area contributed by atoms with Crippen molar-refractivity contribution in [2.45, 2.75) is 20.8 Å². The van der Waals surface area contributed by atoms with Gasteiger partial charge in [0.2, 0.25) is 0 Å². The van der Waals surface area contributed by atoms with Gasteiger partial charge in [0.05, 0.1) is 11.3 Å². The van der Waals surface area contributed by atoms with Crippen LogP contribution in [0, 0.1) is 19.8 Å². The van der Waals surface area contributed by atoms with E-state index in [0.29, 0.717) is 17.8 Å². The molecule has 1 aromatic heterocycles. The van der Waals surface area contributed by atoms with Crippen LogP contribution in [0.4, 0.5) is 0 Å². The molecule has 0 bridgehead atoms. The van der Waals surface area contributed by atoms with Crippen LogP contribution in [-0.4, -0.2) is 45.2 Å². The van der Waals surface area contributed by atoms with Gasteiger partial charge < -0.3 is 15.8 Å². The highest BCUT2D eigenvalue weighted by atomic mass is 16.4. The molecule has 0 spiro atoms. The van der Waals surface area contributed by atoms with Gasteiger partial charge in [0.1, 0.15) is 5.84 Å². The number of amidine groups is 1. The summed E-state index contributed by atoms with van der Waals surface area (Å²) in [5.74, 6) is -0.212. The number of aryl methyl sites for hydroxylation is 2. The van der Waals surface area contributed by atoms with Gasteiger partial charge in [0, 0.05) is 32.3 Å². The van der Waals surface area contributed by atoms with Crippen molar-refractivity contribution in [3.63, 3.8) is 0 Å². The highest BCUT2D eigenvalue weighted by molar-refractivity contribution is 5.96. The first-order chi connectivity index (χ1) is 8.79. The first-order valence-electron chi connectivity index (χ1n) is 6.02. The number of nitrogens with zero attached hydrogens (tertiary/aromatic N) is 4. The van der Waals surface area contributed by atoms with E-state index in [1.807, 2.05) is 6.92 Å². The van der Waals surface area contributed by atoms with Gasteiger partial charge in [-0.05, 0) is 13.8 Å². The monoisotopic (exact) mass is 267 g/mol. The fraction of sp³-hybridized carbons (Fsp3) is 0.583. The van der Waals surface area contributed by atoms with Crippen molar-refractivity contribution >= 4 is 11.7 Å². The Labute approximate surface area is 112 Å². The molecule has 1 unspecified atom stereocenters. The van der Waals surface area contributed by atoms with Crippen molar-refractivity contribution in [3.05, 3.63) is 17.0 Å².